The summed E-state index contributed by atoms with van der Waals surface area (Å²) in [7, 11) is 4.12. The highest BCUT2D eigenvalue weighted by molar-refractivity contribution is 5.32. The van der Waals surface area contributed by atoms with Crippen molar-refractivity contribution >= 4 is 5.69 Å². The van der Waals surface area contributed by atoms with Gasteiger partial charge in [-0.15, -0.1) is 0 Å². The smallest absolute Gasteiger partial charge is 0.0895 e. The number of likely N-dealkylation sites (N-methyl/N-ethyl adjacent to an activating group) is 1. The molecule has 0 saturated heterocycles. The Labute approximate surface area is 102 Å². The highest BCUT2D eigenvalue weighted by Crippen LogP contribution is 2.19. The van der Waals surface area contributed by atoms with Crippen LogP contribution in [-0.4, -0.2) is 35.3 Å². The number of benzene rings is 1. The van der Waals surface area contributed by atoms with Gasteiger partial charge in [0.25, 0.3) is 0 Å². The zero-order valence-electron chi connectivity index (χ0n) is 10.2. The van der Waals surface area contributed by atoms with Gasteiger partial charge in [-0.3, -0.25) is 4.68 Å². The number of nitrogens with two attached hydrogens (primary N) is 1. The molecule has 4 heteroatoms. The minimum Gasteiger partial charge on any atom is -0.396 e. The number of rotatable bonds is 4. The molecule has 0 radical (unpaired) electrons. The molecule has 0 unspecified atom stereocenters. The summed E-state index contributed by atoms with van der Waals surface area (Å²) in [6.45, 7) is 0.894. The van der Waals surface area contributed by atoms with E-state index in [9.17, 15) is 0 Å². The summed E-state index contributed by atoms with van der Waals surface area (Å²) in [6, 6.07) is 10.5. The average molecular weight is 230 g/mol. The van der Waals surface area contributed by atoms with Crippen LogP contribution in [0.3, 0.4) is 0 Å². The molecular weight excluding hydrogens is 212 g/mol. The maximum absolute atomic E-state index is 5.73. The second-order valence-electron chi connectivity index (χ2n) is 4.44. The van der Waals surface area contributed by atoms with E-state index in [2.05, 4.69) is 36.2 Å². The van der Waals surface area contributed by atoms with Gasteiger partial charge in [-0.05, 0) is 19.7 Å². The van der Waals surface area contributed by atoms with Crippen LogP contribution in [0.2, 0.25) is 0 Å². The van der Waals surface area contributed by atoms with Crippen molar-refractivity contribution in [2.45, 2.75) is 6.04 Å². The molecule has 1 atom stereocenters. The van der Waals surface area contributed by atoms with Crippen LogP contribution in [0.25, 0.3) is 0 Å². The number of hydrogen-bond acceptors (Lipinski definition) is 3. The van der Waals surface area contributed by atoms with Gasteiger partial charge < -0.3 is 10.6 Å². The lowest BCUT2D eigenvalue weighted by atomic mass is 10.1. The Balaban J connectivity index is 2.32. The van der Waals surface area contributed by atoms with E-state index in [1.165, 1.54) is 5.56 Å². The molecule has 0 bridgehead atoms. The van der Waals surface area contributed by atoms with Crippen molar-refractivity contribution < 1.29 is 0 Å². The summed E-state index contributed by atoms with van der Waals surface area (Å²) < 4.78 is 1.92. The molecule has 2 N–H and O–H groups in total. The molecule has 1 aromatic carbocycles. The Morgan fingerprint density at radius 2 is 2.00 bits per heavy atom. The molecule has 0 aliphatic rings. The van der Waals surface area contributed by atoms with Gasteiger partial charge in [0.2, 0.25) is 0 Å². The Bertz CT molecular complexity index is 461. The molecular formula is C13H18N4. The lowest BCUT2D eigenvalue weighted by Gasteiger charge is -2.21. The Hall–Kier alpha value is -1.81. The van der Waals surface area contributed by atoms with Crippen molar-refractivity contribution in [2.24, 2.45) is 0 Å². The van der Waals surface area contributed by atoms with E-state index < -0.39 is 0 Å². The van der Waals surface area contributed by atoms with Gasteiger partial charge in [0, 0.05) is 12.7 Å². The first-order valence-corrected chi connectivity index (χ1v) is 5.66. The molecule has 0 amide bonds. The Kier molecular flexibility index (Phi) is 3.44. The number of nitrogen functional groups attached to an aromatic ring is 1. The van der Waals surface area contributed by atoms with Crippen LogP contribution >= 0.6 is 0 Å². The SMILES string of the molecule is CN(C)C[C@H](c1ccccc1)n1cc(N)cn1. The molecule has 2 aromatic rings. The van der Waals surface area contributed by atoms with Crippen molar-refractivity contribution in [3.05, 3.63) is 48.3 Å². The standard InChI is InChI=1S/C13H18N4/c1-16(2)10-13(11-6-4-3-5-7-11)17-9-12(14)8-15-17/h3-9,13H,10,14H2,1-2H3/t13-/m1/s1. The van der Waals surface area contributed by atoms with Crippen molar-refractivity contribution in [2.75, 3.05) is 26.4 Å². The Morgan fingerprint density at radius 3 is 2.53 bits per heavy atom. The molecule has 2 rings (SSSR count). The normalized spacial score (nSPS) is 12.9. The van der Waals surface area contributed by atoms with E-state index in [0.717, 1.165) is 6.54 Å². The fourth-order valence-electron chi connectivity index (χ4n) is 1.89. The lowest BCUT2D eigenvalue weighted by Crippen LogP contribution is -2.25. The van der Waals surface area contributed by atoms with E-state index in [-0.39, 0.29) is 6.04 Å². The van der Waals surface area contributed by atoms with E-state index in [4.69, 9.17) is 5.73 Å². The predicted molar refractivity (Wildman–Crippen MR) is 69.8 cm³/mol. The quantitative estimate of drug-likeness (QED) is 0.868. The number of aromatic nitrogens is 2. The highest BCUT2D eigenvalue weighted by Gasteiger charge is 2.15. The van der Waals surface area contributed by atoms with Gasteiger partial charge in [0.1, 0.15) is 0 Å². The largest absolute Gasteiger partial charge is 0.396 e. The summed E-state index contributed by atoms with van der Waals surface area (Å²) in [5.74, 6) is 0. The first kappa shape index (κ1) is 11.7. The number of hydrogen-bond donors (Lipinski definition) is 1. The highest BCUT2D eigenvalue weighted by atomic mass is 15.3. The van der Waals surface area contributed by atoms with Gasteiger partial charge >= 0.3 is 0 Å². The fraction of sp³-hybridized carbons (Fsp3) is 0.308. The molecule has 0 aliphatic heterocycles. The molecule has 0 saturated carbocycles. The van der Waals surface area contributed by atoms with Gasteiger partial charge in [0.15, 0.2) is 0 Å². The van der Waals surface area contributed by atoms with Crippen LogP contribution in [0.4, 0.5) is 5.69 Å². The maximum Gasteiger partial charge on any atom is 0.0895 e. The average Bonchev–Trinajstić information content (AvgIpc) is 2.73. The molecule has 1 aromatic heterocycles. The van der Waals surface area contributed by atoms with Gasteiger partial charge in [-0.25, -0.2) is 0 Å². The fourth-order valence-corrected chi connectivity index (χ4v) is 1.89. The van der Waals surface area contributed by atoms with E-state index >= 15 is 0 Å². The molecule has 4 nitrogen and oxygen atoms in total. The number of nitrogens with zero attached hydrogens (tertiary/aromatic N) is 3. The zero-order valence-corrected chi connectivity index (χ0v) is 10.2. The van der Waals surface area contributed by atoms with Gasteiger partial charge in [-0.1, -0.05) is 30.3 Å². The van der Waals surface area contributed by atoms with Crippen molar-refractivity contribution in [3.63, 3.8) is 0 Å². The van der Waals surface area contributed by atoms with E-state index in [1.54, 1.807) is 6.20 Å². The third-order valence-corrected chi connectivity index (χ3v) is 2.66. The second-order valence-corrected chi connectivity index (χ2v) is 4.44. The Morgan fingerprint density at radius 1 is 1.29 bits per heavy atom. The monoisotopic (exact) mass is 230 g/mol. The molecule has 0 fully saturated rings. The van der Waals surface area contributed by atoms with Crippen LogP contribution < -0.4 is 5.73 Å². The van der Waals surface area contributed by atoms with Crippen molar-refractivity contribution in [1.82, 2.24) is 14.7 Å². The third kappa shape index (κ3) is 2.85. The summed E-state index contributed by atoms with van der Waals surface area (Å²) in [5.41, 5.74) is 7.67. The van der Waals surface area contributed by atoms with Crippen LogP contribution in [-0.2, 0) is 0 Å². The van der Waals surface area contributed by atoms with Crippen LogP contribution in [0.5, 0.6) is 0 Å². The lowest BCUT2D eigenvalue weighted by molar-refractivity contribution is 0.337. The maximum atomic E-state index is 5.73. The van der Waals surface area contributed by atoms with E-state index in [1.807, 2.05) is 29.1 Å². The summed E-state index contributed by atoms with van der Waals surface area (Å²) in [6.07, 6.45) is 3.56. The predicted octanol–water partition coefficient (Wildman–Crippen LogP) is 1.62. The van der Waals surface area contributed by atoms with Crippen molar-refractivity contribution in [1.29, 1.82) is 0 Å². The summed E-state index contributed by atoms with van der Waals surface area (Å²) in [5, 5.41) is 4.31. The van der Waals surface area contributed by atoms with Crippen LogP contribution in [0.1, 0.15) is 11.6 Å². The van der Waals surface area contributed by atoms with Crippen molar-refractivity contribution in [3.8, 4) is 0 Å². The summed E-state index contributed by atoms with van der Waals surface area (Å²) in [4.78, 5) is 2.15. The molecule has 0 aliphatic carbocycles. The second kappa shape index (κ2) is 5.01. The minimum atomic E-state index is 0.198. The zero-order chi connectivity index (χ0) is 12.3. The first-order chi connectivity index (χ1) is 8.16. The number of anilines is 1. The molecule has 0 spiro atoms. The van der Waals surface area contributed by atoms with Gasteiger partial charge in [-0.2, -0.15) is 5.10 Å². The molecule has 90 valence electrons. The van der Waals surface area contributed by atoms with Crippen LogP contribution in [0.15, 0.2) is 42.7 Å². The third-order valence-electron chi connectivity index (χ3n) is 2.66. The topological polar surface area (TPSA) is 47.1 Å². The molecule has 1 heterocycles. The first-order valence-electron chi connectivity index (χ1n) is 5.66. The molecule has 17 heavy (non-hydrogen) atoms. The minimum absolute atomic E-state index is 0.198. The van der Waals surface area contributed by atoms with E-state index in [0.29, 0.717) is 5.69 Å². The van der Waals surface area contributed by atoms with Crippen LogP contribution in [0, 0.1) is 0 Å². The van der Waals surface area contributed by atoms with Gasteiger partial charge in [0.05, 0.1) is 17.9 Å². The summed E-state index contributed by atoms with van der Waals surface area (Å²) >= 11 is 0.